The molecule has 0 aliphatic carbocycles. The van der Waals surface area contributed by atoms with Gasteiger partial charge in [-0.15, -0.1) is 19.0 Å². The molecule has 1 aromatic carbocycles. The Balaban J connectivity index is 0.00000196. The van der Waals surface area contributed by atoms with Gasteiger partial charge in [0.15, 0.2) is 0 Å². The van der Waals surface area contributed by atoms with Gasteiger partial charge in [-0.2, -0.15) is 0 Å². The van der Waals surface area contributed by atoms with Crippen LogP contribution >= 0.6 is 12.4 Å². The lowest BCUT2D eigenvalue weighted by Crippen LogP contribution is -2.09. The predicted molar refractivity (Wildman–Crippen MR) is 66.7 cm³/mol. The van der Waals surface area contributed by atoms with Crippen LogP contribution in [0.3, 0.4) is 0 Å². The van der Waals surface area contributed by atoms with Gasteiger partial charge in [-0.3, -0.25) is 0 Å². The molecule has 2 nitrogen and oxygen atoms in total. The molecule has 1 aromatic rings. The molecule has 0 fully saturated rings. The Morgan fingerprint density at radius 2 is 2.20 bits per heavy atom. The second-order valence-corrected chi connectivity index (χ2v) is 3.36. The first kappa shape index (κ1) is 14.0. The van der Waals surface area contributed by atoms with E-state index < -0.39 is 0 Å². The van der Waals surface area contributed by atoms with Gasteiger partial charge in [0.05, 0.1) is 7.11 Å². The first-order chi connectivity index (χ1) is 6.69. The Bertz CT molecular complexity index is 325. The Morgan fingerprint density at radius 1 is 1.53 bits per heavy atom. The quantitative estimate of drug-likeness (QED) is 0.803. The minimum absolute atomic E-state index is 0. The molecule has 0 radical (unpaired) electrons. The second kappa shape index (κ2) is 6.49. The molecule has 0 aliphatic rings. The van der Waals surface area contributed by atoms with Crippen LogP contribution in [0.2, 0.25) is 0 Å². The van der Waals surface area contributed by atoms with Crippen LogP contribution in [-0.4, -0.2) is 7.11 Å². The lowest BCUT2D eigenvalue weighted by molar-refractivity contribution is 0.411. The first-order valence-corrected chi connectivity index (χ1v) is 4.70. The highest BCUT2D eigenvalue weighted by atomic mass is 35.5. The number of nitrogens with two attached hydrogens (primary N) is 1. The van der Waals surface area contributed by atoms with E-state index in [1.807, 2.05) is 25.1 Å². The molecule has 0 amide bonds. The Morgan fingerprint density at radius 3 is 2.67 bits per heavy atom. The van der Waals surface area contributed by atoms with Gasteiger partial charge in [0.25, 0.3) is 0 Å². The van der Waals surface area contributed by atoms with Gasteiger partial charge in [0, 0.05) is 6.04 Å². The number of aryl methyl sites for hydroxylation is 1. The Hall–Kier alpha value is -0.990. The third-order valence-electron chi connectivity index (χ3n) is 2.27. The molecule has 0 heterocycles. The maximum atomic E-state index is 5.95. The summed E-state index contributed by atoms with van der Waals surface area (Å²) in [5, 5.41) is 0. The topological polar surface area (TPSA) is 35.2 Å². The first-order valence-electron chi connectivity index (χ1n) is 4.70. The largest absolute Gasteiger partial charge is 0.496 e. The molecular weight excluding hydrogens is 210 g/mol. The van der Waals surface area contributed by atoms with Gasteiger partial charge >= 0.3 is 0 Å². The van der Waals surface area contributed by atoms with Crippen LogP contribution in [0, 0.1) is 6.92 Å². The third-order valence-corrected chi connectivity index (χ3v) is 2.27. The molecule has 15 heavy (non-hydrogen) atoms. The summed E-state index contributed by atoms with van der Waals surface area (Å²) < 4.78 is 5.18. The van der Waals surface area contributed by atoms with Gasteiger partial charge in [0.2, 0.25) is 0 Å². The van der Waals surface area contributed by atoms with E-state index in [4.69, 9.17) is 10.5 Å². The van der Waals surface area contributed by atoms with Crippen LogP contribution in [0.25, 0.3) is 0 Å². The lowest BCUT2D eigenvalue weighted by atomic mass is 10.0. The van der Waals surface area contributed by atoms with E-state index in [9.17, 15) is 0 Å². The van der Waals surface area contributed by atoms with Gasteiger partial charge < -0.3 is 10.5 Å². The summed E-state index contributed by atoms with van der Waals surface area (Å²) in [4.78, 5) is 0. The fourth-order valence-corrected chi connectivity index (χ4v) is 1.45. The van der Waals surface area contributed by atoms with E-state index >= 15 is 0 Å². The van der Waals surface area contributed by atoms with Gasteiger partial charge in [-0.05, 0) is 30.5 Å². The maximum absolute atomic E-state index is 5.95. The van der Waals surface area contributed by atoms with Crippen molar-refractivity contribution in [3.8, 4) is 5.75 Å². The third kappa shape index (κ3) is 3.57. The second-order valence-electron chi connectivity index (χ2n) is 3.36. The summed E-state index contributed by atoms with van der Waals surface area (Å²) in [6.45, 7) is 5.69. The molecule has 84 valence electrons. The van der Waals surface area contributed by atoms with Crippen molar-refractivity contribution in [2.45, 2.75) is 19.4 Å². The highest BCUT2D eigenvalue weighted by Gasteiger charge is 2.05. The molecule has 0 unspecified atom stereocenters. The smallest absolute Gasteiger partial charge is 0.121 e. The Kier molecular flexibility index (Phi) is 6.06. The molecule has 1 rings (SSSR count). The molecule has 2 N–H and O–H groups in total. The zero-order valence-electron chi connectivity index (χ0n) is 9.19. The van der Waals surface area contributed by atoms with Crippen molar-refractivity contribution >= 4 is 12.4 Å². The summed E-state index contributed by atoms with van der Waals surface area (Å²) in [5.41, 5.74) is 8.20. The van der Waals surface area contributed by atoms with E-state index in [1.54, 1.807) is 7.11 Å². The zero-order valence-corrected chi connectivity index (χ0v) is 10.0. The monoisotopic (exact) mass is 227 g/mol. The number of halogens is 1. The standard InChI is InChI=1S/C12H17NO.ClH/c1-4-5-11(13)10-6-7-12(14-3)9(2)8-10;/h4,6-8,11H,1,5,13H2,2-3H3;1H/t11-;/m1./s1. The maximum Gasteiger partial charge on any atom is 0.121 e. The Labute approximate surface area is 97.5 Å². The summed E-state index contributed by atoms with van der Waals surface area (Å²) in [6.07, 6.45) is 2.63. The SMILES string of the molecule is C=CC[C@@H](N)c1ccc(OC)c(C)c1.Cl. The number of methoxy groups -OCH3 is 1. The van der Waals surface area contributed by atoms with Crippen LogP contribution in [-0.2, 0) is 0 Å². The van der Waals surface area contributed by atoms with Crippen molar-refractivity contribution in [2.24, 2.45) is 5.73 Å². The molecular formula is C12H18ClNO. The number of ether oxygens (including phenoxy) is 1. The van der Waals surface area contributed by atoms with E-state index in [0.717, 1.165) is 23.3 Å². The van der Waals surface area contributed by atoms with Crippen molar-refractivity contribution in [3.63, 3.8) is 0 Å². The molecule has 0 aromatic heterocycles. The average Bonchev–Trinajstić information content (AvgIpc) is 2.18. The minimum atomic E-state index is 0. The number of hydrogen-bond acceptors (Lipinski definition) is 2. The normalized spacial score (nSPS) is 11.4. The van der Waals surface area contributed by atoms with Crippen molar-refractivity contribution in [1.29, 1.82) is 0 Å². The molecule has 1 atom stereocenters. The molecule has 3 heteroatoms. The number of rotatable bonds is 4. The number of benzene rings is 1. The predicted octanol–water partition coefficient (Wildman–Crippen LogP) is 3.00. The highest BCUT2D eigenvalue weighted by molar-refractivity contribution is 5.85. The van der Waals surface area contributed by atoms with Crippen LogP contribution in [0.5, 0.6) is 5.75 Å². The summed E-state index contributed by atoms with van der Waals surface area (Å²) in [6, 6.07) is 6.05. The molecule has 0 saturated heterocycles. The van der Waals surface area contributed by atoms with Gasteiger partial charge in [-0.1, -0.05) is 18.2 Å². The van der Waals surface area contributed by atoms with Crippen LogP contribution in [0.1, 0.15) is 23.6 Å². The molecule has 0 aliphatic heterocycles. The average molecular weight is 228 g/mol. The van der Waals surface area contributed by atoms with Crippen molar-refractivity contribution in [2.75, 3.05) is 7.11 Å². The lowest BCUT2D eigenvalue weighted by Gasteiger charge is -2.12. The van der Waals surface area contributed by atoms with Crippen LogP contribution in [0.15, 0.2) is 30.9 Å². The molecule has 0 spiro atoms. The van der Waals surface area contributed by atoms with Crippen molar-refractivity contribution in [1.82, 2.24) is 0 Å². The summed E-state index contributed by atoms with van der Waals surface area (Å²) >= 11 is 0. The summed E-state index contributed by atoms with van der Waals surface area (Å²) in [5.74, 6) is 0.902. The van der Waals surface area contributed by atoms with Crippen molar-refractivity contribution in [3.05, 3.63) is 42.0 Å². The minimum Gasteiger partial charge on any atom is -0.496 e. The van der Waals surface area contributed by atoms with Gasteiger partial charge in [0.1, 0.15) is 5.75 Å². The van der Waals surface area contributed by atoms with Crippen molar-refractivity contribution < 1.29 is 4.74 Å². The molecule has 0 saturated carbocycles. The van der Waals surface area contributed by atoms with Crippen LogP contribution < -0.4 is 10.5 Å². The molecule has 0 bridgehead atoms. The van der Waals surface area contributed by atoms with E-state index in [-0.39, 0.29) is 18.4 Å². The number of hydrogen-bond donors (Lipinski definition) is 1. The van der Waals surface area contributed by atoms with Gasteiger partial charge in [-0.25, -0.2) is 0 Å². The van der Waals surface area contributed by atoms with E-state index in [0.29, 0.717) is 0 Å². The van der Waals surface area contributed by atoms with E-state index in [2.05, 4.69) is 12.6 Å². The fourth-order valence-electron chi connectivity index (χ4n) is 1.45. The fraction of sp³-hybridized carbons (Fsp3) is 0.333. The zero-order chi connectivity index (χ0) is 10.6. The highest BCUT2D eigenvalue weighted by Crippen LogP contribution is 2.22. The van der Waals surface area contributed by atoms with Crippen LogP contribution in [0.4, 0.5) is 0 Å². The van der Waals surface area contributed by atoms with E-state index in [1.165, 1.54) is 0 Å². The summed E-state index contributed by atoms with van der Waals surface area (Å²) in [7, 11) is 1.67.